The molecule has 0 radical (unpaired) electrons. The van der Waals surface area contributed by atoms with E-state index >= 15 is 0 Å². The Balaban J connectivity index is 1.48. The maximum absolute atomic E-state index is 6.00. The van der Waals surface area contributed by atoms with E-state index in [0.29, 0.717) is 10.0 Å². The van der Waals surface area contributed by atoms with Gasteiger partial charge in [-0.1, -0.05) is 29.3 Å². The highest BCUT2D eigenvalue weighted by molar-refractivity contribution is 7.98. The second kappa shape index (κ2) is 9.96. The van der Waals surface area contributed by atoms with Crippen LogP contribution in [0, 0.1) is 0 Å². The summed E-state index contributed by atoms with van der Waals surface area (Å²) in [6, 6.07) is 5.84. The van der Waals surface area contributed by atoms with Crippen molar-refractivity contribution in [2.75, 3.05) is 19.0 Å². The third-order valence-electron chi connectivity index (χ3n) is 3.38. The zero-order valence-corrected chi connectivity index (χ0v) is 14.5. The summed E-state index contributed by atoms with van der Waals surface area (Å²) in [5.74, 6) is 2.11. The van der Waals surface area contributed by atoms with E-state index in [2.05, 4.69) is 0 Å². The van der Waals surface area contributed by atoms with Crippen LogP contribution in [0.15, 0.2) is 18.2 Å². The van der Waals surface area contributed by atoms with Crippen molar-refractivity contribution in [1.82, 2.24) is 0 Å². The van der Waals surface area contributed by atoms with E-state index in [4.69, 9.17) is 32.7 Å². The Bertz CT molecular complexity index is 423. The molecule has 1 aromatic rings. The first kappa shape index (κ1) is 17.4. The molecule has 0 aliphatic carbocycles. The summed E-state index contributed by atoms with van der Waals surface area (Å²) in [6.45, 7) is 1.65. The molecule has 1 saturated heterocycles. The van der Waals surface area contributed by atoms with Gasteiger partial charge in [0.25, 0.3) is 0 Å². The van der Waals surface area contributed by atoms with Crippen molar-refractivity contribution >= 4 is 35.0 Å². The van der Waals surface area contributed by atoms with E-state index < -0.39 is 0 Å². The average Bonchev–Trinajstić information content (AvgIpc) is 2.51. The Morgan fingerprint density at radius 1 is 1.19 bits per heavy atom. The van der Waals surface area contributed by atoms with Crippen LogP contribution in [-0.4, -0.2) is 25.3 Å². The second-order valence-electron chi connectivity index (χ2n) is 5.18. The van der Waals surface area contributed by atoms with E-state index in [0.717, 1.165) is 37.6 Å². The number of hydrogen-bond acceptors (Lipinski definition) is 3. The van der Waals surface area contributed by atoms with Crippen molar-refractivity contribution in [3.63, 3.8) is 0 Å². The molecule has 1 aliphatic rings. The molecule has 5 heteroatoms. The van der Waals surface area contributed by atoms with E-state index in [1.165, 1.54) is 24.8 Å². The van der Waals surface area contributed by atoms with Crippen molar-refractivity contribution in [2.24, 2.45) is 0 Å². The molecule has 21 heavy (non-hydrogen) atoms. The number of rotatable bonds is 8. The third-order valence-corrected chi connectivity index (χ3v) is 5.23. The quantitative estimate of drug-likeness (QED) is 0.573. The van der Waals surface area contributed by atoms with Crippen molar-refractivity contribution in [3.05, 3.63) is 33.8 Å². The van der Waals surface area contributed by atoms with Crippen LogP contribution in [0.2, 0.25) is 10.0 Å². The van der Waals surface area contributed by atoms with Gasteiger partial charge in [-0.15, -0.1) is 0 Å². The summed E-state index contributed by atoms with van der Waals surface area (Å²) in [7, 11) is 0. The molecule has 0 N–H and O–H groups in total. The number of thioether (sulfide) groups is 1. The summed E-state index contributed by atoms with van der Waals surface area (Å²) in [6.07, 6.45) is 5.75. The lowest BCUT2D eigenvalue weighted by Gasteiger charge is -2.22. The number of ether oxygens (including phenoxy) is 2. The first-order valence-electron chi connectivity index (χ1n) is 7.50. The second-order valence-corrected chi connectivity index (χ2v) is 7.09. The minimum atomic E-state index is 0.0441. The number of benzene rings is 1. The molecule has 0 amide bonds. The van der Waals surface area contributed by atoms with Gasteiger partial charge in [0.05, 0.1) is 10.0 Å². The van der Waals surface area contributed by atoms with E-state index in [-0.39, 0.29) is 6.29 Å². The molecule has 0 bridgehead atoms. The predicted molar refractivity (Wildman–Crippen MR) is 91.4 cm³/mol. The maximum Gasteiger partial charge on any atom is 0.157 e. The van der Waals surface area contributed by atoms with Crippen LogP contribution >= 0.6 is 35.0 Å². The van der Waals surface area contributed by atoms with Crippen molar-refractivity contribution in [1.29, 1.82) is 0 Å². The molecule has 1 atom stereocenters. The molecule has 118 valence electrons. The molecule has 2 rings (SSSR count). The number of halogens is 2. The average molecular weight is 349 g/mol. The van der Waals surface area contributed by atoms with Gasteiger partial charge >= 0.3 is 0 Å². The van der Waals surface area contributed by atoms with Crippen molar-refractivity contribution in [2.45, 2.75) is 44.1 Å². The van der Waals surface area contributed by atoms with Gasteiger partial charge in [-0.05, 0) is 55.6 Å². The van der Waals surface area contributed by atoms with Gasteiger partial charge in [0.15, 0.2) is 6.29 Å². The molecule has 2 nitrogen and oxygen atoms in total. The van der Waals surface area contributed by atoms with Gasteiger partial charge in [0, 0.05) is 19.0 Å². The summed E-state index contributed by atoms with van der Waals surface area (Å²) >= 11 is 13.8. The molecule has 1 aromatic carbocycles. The molecule has 1 unspecified atom stereocenters. The normalized spacial score (nSPS) is 18.9. The molecule has 0 spiro atoms. The summed E-state index contributed by atoms with van der Waals surface area (Å²) in [5.41, 5.74) is 1.22. The first-order chi connectivity index (χ1) is 10.3. The topological polar surface area (TPSA) is 18.5 Å². The highest BCUT2D eigenvalue weighted by atomic mass is 35.5. The highest BCUT2D eigenvalue weighted by Crippen LogP contribution is 2.25. The molecule has 0 aromatic heterocycles. The lowest BCUT2D eigenvalue weighted by Crippen LogP contribution is -2.22. The highest BCUT2D eigenvalue weighted by Gasteiger charge is 2.13. The summed E-state index contributed by atoms with van der Waals surface area (Å²) in [4.78, 5) is 0. The van der Waals surface area contributed by atoms with Crippen LogP contribution in [0.3, 0.4) is 0 Å². The Kier molecular flexibility index (Phi) is 8.26. The third kappa shape index (κ3) is 6.79. The Hall–Kier alpha value is 0.0700. The Morgan fingerprint density at radius 2 is 2.10 bits per heavy atom. The molecule has 1 fully saturated rings. The first-order valence-corrected chi connectivity index (χ1v) is 9.41. The minimum Gasteiger partial charge on any atom is -0.353 e. The number of unbranched alkanes of at least 4 members (excludes halogenated alkanes) is 1. The standard InChI is InChI=1S/C16H22Cl2O2S/c17-14-7-6-13(11-15(14)18)12-21-10-4-3-9-20-16-5-1-2-8-19-16/h6-7,11,16H,1-5,8-10,12H2. The minimum absolute atomic E-state index is 0.0441. The fourth-order valence-electron chi connectivity index (χ4n) is 2.18. The zero-order chi connectivity index (χ0) is 14.9. The van der Waals surface area contributed by atoms with Crippen LogP contribution < -0.4 is 0 Å². The van der Waals surface area contributed by atoms with Crippen molar-refractivity contribution < 1.29 is 9.47 Å². The Labute approximate surface area is 141 Å². The van der Waals surface area contributed by atoms with Gasteiger partial charge in [-0.2, -0.15) is 11.8 Å². The molecule has 1 aliphatic heterocycles. The predicted octanol–water partition coefficient (Wildman–Crippen LogP) is 5.55. The van der Waals surface area contributed by atoms with Gasteiger partial charge in [0.2, 0.25) is 0 Å². The summed E-state index contributed by atoms with van der Waals surface area (Å²) in [5, 5.41) is 1.25. The van der Waals surface area contributed by atoms with Gasteiger partial charge in [0.1, 0.15) is 0 Å². The van der Waals surface area contributed by atoms with Gasteiger partial charge < -0.3 is 9.47 Å². The fourth-order valence-corrected chi connectivity index (χ4v) is 3.47. The van der Waals surface area contributed by atoms with Crippen molar-refractivity contribution in [3.8, 4) is 0 Å². The van der Waals surface area contributed by atoms with Crippen LogP contribution in [0.1, 0.15) is 37.7 Å². The Morgan fingerprint density at radius 3 is 2.86 bits per heavy atom. The van der Waals surface area contributed by atoms with E-state index in [1.807, 2.05) is 30.0 Å². The molecular formula is C16H22Cl2O2S. The molecular weight excluding hydrogens is 327 g/mol. The van der Waals surface area contributed by atoms with Gasteiger partial charge in [-0.25, -0.2) is 0 Å². The maximum atomic E-state index is 6.00. The fraction of sp³-hybridized carbons (Fsp3) is 0.625. The van der Waals surface area contributed by atoms with Crippen LogP contribution in [0.5, 0.6) is 0 Å². The lowest BCUT2D eigenvalue weighted by molar-refractivity contribution is -0.162. The summed E-state index contributed by atoms with van der Waals surface area (Å²) < 4.78 is 11.2. The monoisotopic (exact) mass is 348 g/mol. The zero-order valence-electron chi connectivity index (χ0n) is 12.2. The number of hydrogen-bond donors (Lipinski definition) is 0. The molecule has 0 saturated carbocycles. The molecule has 1 heterocycles. The van der Waals surface area contributed by atoms with Crippen LogP contribution in [0.4, 0.5) is 0 Å². The lowest BCUT2D eigenvalue weighted by atomic mass is 10.2. The van der Waals surface area contributed by atoms with Crippen LogP contribution in [0.25, 0.3) is 0 Å². The van der Waals surface area contributed by atoms with Gasteiger partial charge in [-0.3, -0.25) is 0 Å². The SMILES string of the molecule is Clc1ccc(CSCCCCOC2CCCCO2)cc1Cl. The smallest absolute Gasteiger partial charge is 0.157 e. The van der Waals surface area contributed by atoms with Crippen LogP contribution in [-0.2, 0) is 15.2 Å². The van der Waals surface area contributed by atoms with E-state index in [1.54, 1.807) is 0 Å². The largest absolute Gasteiger partial charge is 0.353 e. The van der Waals surface area contributed by atoms with E-state index in [9.17, 15) is 0 Å².